The highest BCUT2D eigenvalue weighted by Gasteiger charge is 2.30. The lowest BCUT2D eigenvalue weighted by Crippen LogP contribution is -2.26. The summed E-state index contributed by atoms with van der Waals surface area (Å²) in [5.74, 6) is -5.29. The zero-order valence-electron chi connectivity index (χ0n) is 38.6. The number of nitrogens with one attached hydrogen (secondary N) is 3. The van der Waals surface area contributed by atoms with Gasteiger partial charge in [-0.15, -0.1) is 11.3 Å². The van der Waals surface area contributed by atoms with Gasteiger partial charge in [-0.3, -0.25) is 28.8 Å². The monoisotopic (exact) mass is 1040 g/mol. The number of rotatable bonds is 23. The van der Waals surface area contributed by atoms with Crippen LogP contribution in [0.15, 0.2) is 70.9 Å². The van der Waals surface area contributed by atoms with Crippen LogP contribution in [0.1, 0.15) is 79.3 Å². The average molecular weight is 1040 g/mol. The molecule has 0 bridgehead atoms. The Morgan fingerprint density at radius 3 is 1.66 bits per heavy atom. The third kappa shape index (κ3) is 15.5. The molecule has 0 aliphatic heterocycles. The van der Waals surface area contributed by atoms with E-state index in [9.17, 15) is 51.0 Å². The number of esters is 4. The summed E-state index contributed by atoms with van der Waals surface area (Å²) in [6, 6.07) is 15.4. The van der Waals surface area contributed by atoms with Crippen LogP contribution in [0.25, 0.3) is 10.1 Å². The predicted octanol–water partition coefficient (Wildman–Crippen LogP) is 6.07. The first-order valence-electron chi connectivity index (χ1n) is 21.2. The maximum atomic E-state index is 14.1. The van der Waals surface area contributed by atoms with E-state index in [1.54, 1.807) is 25.1 Å². The second-order valence-electron chi connectivity index (χ2n) is 14.9. The zero-order valence-corrected chi connectivity index (χ0v) is 41.1. The quantitative estimate of drug-likeness (QED) is 0.0250. The van der Waals surface area contributed by atoms with Crippen LogP contribution in [-0.4, -0.2) is 81.6 Å². The fourth-order valence-electron chi connectivity index (χ4n) is 6.35. The molecule has 0 saturated carbocycles. The summed E-state index contributed by atoms with van der Waals surface area (Å²) in [4.78, 5) is 82.8. The summed E-state index contributed by atoms with van der Waals surface area (Å²) in [6.07, 6.45) is -0.435. The summed E-state index contributed by atoms with van der Waals surface area (Å²) in [5, 5.41) is 14.9. The average Bonchev–Trinajstić information content (AvgIpc) is 3.66. The van der Waals surface area contributed by atoms with Crippen molar-refractivity contribution in [2.45, 2.75) is 58.1 Å². The molecule has 0 aliphatic rings. The molecule has 0 saturated heterocycles. The molecule has 71 heavy (non-hydrogen) atoms. The van der Waals surface area contributed by atoms with Crippen LogP contribution in [0, 0.1) is 17.1 Å². The molecule has 2 amide bonds. The lowest BCUT2D eigenvalue weighted by atomic mass is 10.1. The van der Waals surface area contributed by atoms with Gasteiger partial charge in [0, 0.05) is 74.1 Å². The second-order valence-corrected chi connectivity index (χ2v) is 19.7. The minimum absolute atomic E-state index is 0.00109. The molecule has 0 fully saturated rings. The van der Waals surface area contributed by atoms with Gasteiger partial charge in [-0.25, -0.2) is 17.4 Å². The third-order valence-electron chi connectivity index (χ3n) is 9.34. The molecule has 1 unspecified atom stereocenters. The summed E-state index contributed by atoms with van der Waals surface area (Å²) in [5.41, 5.74) is 0.191. The topological polar surface area (TPSA) is 298 Å². The van der Waals surface area contributed by atoms with Gasteiger partial charge in [-0.1, -0.05) is 6.92 Å². The molecular weight excluding hydrogens is 995 g/mol. The van der Waals surface area contributed by atoms with Crippen molar-refractivity contribution in [1.82, 2.24) is 15.4 Å². The van der Waals surface area contributed by atoms with Crippen molar-refractivity contribution in [2.24, 2.45) is 0 Å². The summed E-state index contributed by atoms with van der Waals surface area (Å²) in [6.45, 7) is 6.49. The highest BCUT2D eigenvalue weighted by molar-refractivity contribution is 7.92. The van der Waals surface area contributed by atoms with Gasteiger partial charge in [0.1, 0.15) is 28.1 Å². The second kappa shape index (κ2) is 24.4. The Hall–Kier alpha value is -7.42. The molecule has 4 aromatic carbocycles. The number of carbonyl (C=O) groups excluding carboxylic acids is 6. The highest BCUT2D eigenvalue weighted by atomic mass is 32.2. The lowest BCUT2D eigenvalue weighted by molar-refractivity contribution is -0.134. The standard InChI is InChI=1S/C46H46FN4O17PS2/c1-6-34-35-22-39(62-17-7-15-49-44(56)30-10-13-37(64-26(2)52)41(19-30)66-28(4)54)40(63-18-8-16-50-45(57)31-11-14-38(65-27(3)53)42(20-31)67-29(5)55)23-43(35)70-46(34)71(60,61)51-25-69(58,59)68-33-12-9-32(24-48)36(47)21-33/h9-14,19-23,51H,6-8,15-18,25H2,1-5H3,(H,49,56)(H,50,57)(H,58,59). The van der Waals surface area contributed by atoms with E-state index in [0.29, 0.717) is 15.6 Å². The van der Waals surface area contributed by atoms with Crippen LogP contribution >= 0.6 is 18.9 Å². The highest BCUT2D eigenvalue weighted by Crippen LogP contribution is 2.44. The Balaban J connectivity index is 1.31. The predicted molar refractivity (Wildman–Crippen MR) is 251 cm³/mol. The van der Waals surface area contributed by atoms with E-state index in [2.05, 4.69) is 15.4 Å². The first kappa shape index (κ1) is 54.5. The molecule has 1 aromatic heterocycles. The van der Waals surface area contributed by atoms with E-state index in [1.807, 2.05) is 0 Å². The number of amides is 2. The SMILES string of the molecule is CCc1c(S(=O)(=O)NCP(=O)(O)Oc2ccc(C#N)c(F)c2)sc2cc(OCCCNC(=O)c3ccc(OC(C)=O)c(OC(C)=O)c3)c(OCCCNC(=O)c3ccc(OC(C)=O)c(OC(C)=O)c3)cc12. The Labute approximate surface area is 409 Å². The van der Waals surface area contributed by atoms with Gasteiger partial charge in [0.2, 0.25) is 0 Å². The van der Waals surface area contributed by atoms with Crippen molar-refractivity contribution in [3.63, 3.8) is 0 Å². The number of hydrogen-bond donors (Lipinski definition) is 4. The molecule has 4 N–H and O–H groups in total. The summed E-state index contributed by atoms with van der Waals surface area (Å²) < 4.78 is 94.4. The van der Waals surface area contributed by atoms with Crippen molar-refractivity contribution in [3.8, 4) is 46.3 Å². The number of hydrogen-bond acceptors (Lipinski definition) is 18. The minimum Gasteiger partial charge on any atom is -0.490 e. The molecule has 25 heteroatoms. The number of benzene rings is 4. The normalized spacial score (nSPS) is 11.9. The number of thiophene rings is 1. The molecule has 0 radical (unpaired) electrons. The Bertz CT molecular complexity index is 3080. The number of nitrogens with zero attached hydrogens (tertiary/aromatic N) is 1. The van der Waals surface area contributed by atoms with E-state index in [1.165, 1.54) is 36.4 Å². The van der Waals surface area contributed by atoms with Gasteiger partial charge in [0.25, 0.3) is 21.8 Å². The number of nitriles is 1. The van der Waals surface area contributed by atoms with Crippen molar-refractivity contribution >= 4 is 74.7 Å². The van der Waals surface area contributed by atoms with Crippen LogP contribution in [0.2, 0.25) is 0 Å². The molecule has 1 heterocycles. The molecule has 5 aromatic rings. The number of aryl methyl sites for hydroxylation is 1. The van der Waals surface area contributed by atoms with E-state index >= 15 is 0 Å². The Morgan fingerprint density at radius 1 is 0.704 bits per heavy atom. The number of halogens is 1. The fraction of sp³-hybridized carbons (Fsp3) is 0.283. The van der Waals surface area contributed by atoms with E-state index < -0.39 is 71.2 Å². The third-order valence-corrected chi connectivity index (χ3v) is 13.8. The van der Waals surface area contributed by atoms with Crippen molar-refractivity contribution < 1.29 is 84.0 Å². The van der Waals surface area contributed by atoms with Gasteiger partial charge in [0.05, 0.1) is 18.8 Å². The lowest BCUT2D eigenvalue weighted by Gasteiger charge is -2.15. The van der Waals surface area contributed by atoms with Crippen molar-refractivity contribution in [2.75, 3.05) is 32.6 Å². The van der Waals surface area contributed by atoms with E-state index in [-0.39, 0.29) is 101 Å². The first-order valence-corrected chi connectivity index (χ1v) is 25.3. The molecule has 0 aliphatic carbocycles. The molecule has 376 valence electrons. The Morgan fingerprint density at radius 2 is 1.20 bits per heavy atom. The van der Waals surface area contributed by atoms with Crippen LogP contribution < -0.4 is 48.3 Å². The first-order chi connectivity index (χ1) is 33.6. The summed E-state index contributed by atoms with van der Waals surface area (Å²) >= 11 is 0.840. The van der Waals surface area contributed by atoms with Crippen LogP contribution in [-0.2, 0) is 40.2 Å². The number of sulfonamides is 1. The maximum Gasteiger partial charge on any atom is 0.391 e. The summed E-state index contributed by atoms with van der Waals surface area (Å²) in [7, 11) is -9.25. The van der Waals surface area contributed by atoms with E-state index in [4.69, 9.17) is 38.2 Å². The molecule has 5 rings (SSSR count). The van der Waals surface area contributed by atoms with Crippen LogP contribution in [0.4, 0.5) is 4.39 Å². The zero-order chi connectivity index (χ0) is 52.0. The van der Waals surface area contributed by atoms with Gasteiger partial charge in [-0.2, -0.15) is 9.98 Å². The molecule has 0 spiro atoms. The number of fused-ring (bicyclic) bond motifs is 1. The number of ether oxygens (including phenoxy) is 6. The Kier molecular flexibility index (Phi) is 18.8. The van der Waals surface area contributed by atoms with Gasteiger partial charge < -0.3 is 48.5 Å². The molecule has 21 nitrogen and oxygen atoms in total. The molecule has 1 atom stereocenters. The maximum absolute atomic E-state index is 14.1. The van der Waals surface area contributed by atoms with E-state index in [0.717, 1.165) is 57.2 Å². The van der Waals surface area contributed by atoms with Crippen LogP contribution in [0.3, 0.4) is 0 Å². The fourth-order valence-corrected chi connectivity index (χ4v) is 10.8. The smallest absolute Gasteiger partial charge is 0.391 e. The van der Waals surface area contributed by atoms with Crippen LogP contribution in [0.5, 0.6) is 40.2 Å². The molecular formula is C46H46FN4O17PS2. The van der Waals surface area contributed by atoms with Crippen molar-refractivity contribution in [3.05, 3.63) is 94.8 Å². The van der Waals surface area contributed by atoms with Gasteiger partial charge in [0.15, 0.2) is 34.5 Å². The largest absolute Gasteiger partial charge is 0.490 e. The van der Waals surface area contributed by atoms with Crippen molar-refractivity contribution in [1.29, 1.82) is 5.26 Å². The van der Waals surface area contributed by atoms with Gasteiger partial charge >= 0.3 is 31.5 Å². The number of carbonyl (C=O) groups is 6. The van der Waals surface area contributed by atoms with Gasteiger partial charge in [-0.05, 0) is 79.4 Å². The minimum atomic E-state index is -4.76.